The van der Waals surface area contributed by atoms with Crippen LogP contribution in [0.1, 0.15) is 18.9 Å². The quantitative estimate of drug-likeness (QED) is 0.789. The normalized spacial score (nSPS) is 15.1. The monoisotopic (exact) mass is 223 g/mol. The highest BCUT2D eigenvalue weighted by Gasteiger charge is 2.13. The van der Waals surface area contributed by atoms with E-state index < -0.39 is 0 Å². The molecule has 1 atom stereocenters. The molecule has 0 aliphatic carbocycles. The van der Waals surface area contributed by atoms with Crippen molar-refractivity contribution < 1.29 is 14.6 Å². The number of ether oxygens (including phenoxy) is 2. The molecular formula is C12H17NO3. The molecule has 1 aliphatic rings. The molecule has 0 spiro atoms. The molecule has 4 nitrogen and oxygen atoms in total. The van der Waals surface area contributed by atoms with Crippen molar-refractivity contribution in [3.63, 3.8) is 0 Å². The van der Waals surface area contributed by atoms with Gasteiger partial charge in [0, 0.05) is 12.6 Å². The lowest BCUT2D eigenvalue weighted by Crippen LogP contribution is -2.31. The van der Waals surface area contributed by atoms with E-state index in [-0.39, 0.29) is 12.6 Å². The first-order valence-corrected chi connectivity index (χ1v) is 5.56. The lowest BCUT2D eigenvalue weighted by atomic mass is 10.1. The van der Waals surface area contributed by atoms with Crippen molar-refractivity contribution in [2.45, 2.75) is 25.9 Å². The van der Waals surface area contributed by atoms with Gasteiger partial charge in [0.2, 0.25) is 6.79 Å². The minimum Gasteiger partial charge on any atom is -0.454 e. The van der Waals surface area contributed by atoms with Crippen LogP contribution in [-0.4, -0.2) is 24.5 Å². The minimum absolute atomic E-state index is 0.158. The summed E-state index contributed by atoms with van der Waals surface area (Å²) in [5, 5.41) is 12.3. The molecule has 1 aliphatic heterocycles. The van der Waals surface area contributed by atoms with E-state index in [4.69, 9.17) is 14.6 Å². The Morgan fingerprint density at radius 1 is 1.38 bits per heavy atom. The van der Waals surface area contributed by atoms with Crippen LogP contribution in [0.3, 0.4) is 0 Å². The molecule has 0 saturated carbocycles. The third-order valence-corrected chi connectivity index (χ3v) is 2.75. The molecule has 4 heteroatoms. The number of aliphatic hydroxyl groups excluding tert-OH is 1. The van der Waals surface area contributed by atoms with Crippen LogP contribution in [0.5, 0.6) is 11.5 Å². The van der Waals surface area contributed by atoms with Crippen molar-refractivity contribution in [1.29, 1.82) is 0 Å². The van der Waals surface area contributed by atoms with Crippen LogP contribution in [0.4, 0.5) is 0 Å². The Hall–Kier alpha value is -1.26. The number of aliphatic hydroxyl groups is 1. The Morgan fingerprint density at radius 3 is 2.94 bits per heavy atom. The van der Waals surface area contributed by atoms with Crippen LogP contribution in [0.2, 0.25) is 0 Å². The van der Waals surface area contributed by atoms with Crippen molar-refractivity contribution in [3.05, 3.63) is 23.8 Å². The Bertz CT molecular complexity index is 350. The number of hydrogen-bond acceptors (Lipinski definition) is 4. The fourth-order valence-electron chi connectivity index (χ4n) is 1.65. The van der Waals surface area contributed by atoms with E-state index in [0.717, 1.165) is 30.0 Å². The second-order valence-corrected chi connectivity index (χ2v) is 3.86. The van der Waals surface area contributed by atoms with Gasteiger partial charge in [-0.2, -0.15) is 0 Å². The summed E-state index contributed by atoms with van der Waals surface area (Å²) in [5.74, 6) is 1.61. The van der Waals surface area contributed by atoms with Crippen molar-refractivity contribution in [2.75, 3.05) is 13.4 Å². The SMILES string of the molecule is CC[C@@H](CO)NCc1ccc2c(c1)OCO2. The van der Waals surface area contributed by atoms with E-state index in [9.17, 15) is 0 Å². The summed E-state index contributed by atoms with van der Waals surface area (Å²) in [4.78, 5) is 0. The van der Waals surface area contributed by atoms with Gasteiger partial charge >= 0.3 is 0 Å². The highest BCUT2D eigenvalue weighted by atomic mass is 16.7. The molecule has 0 fully saturated rings. The molecule has 1 heterocycles. The summed E-state index contributed by atoms with van der Waals surface area (Å²) in [6.45, 7) is 3.25. The molecule has 2 N–H and O–H groups in total. The zero-order chi connectivity index (χ0) is 11.4. The maximum Gasteiger partial charge on any atom is 0.231 e. The standard InChI is InChI=1S/C12H17NO3/c1-2-10(7-14)13-6-9-3-4-11-12(5-9)16-8-15-11/h3-5,10,13-14H,2,6-8H2,1H3/t10-/m0/s1. The van der Waals surface area contributed by atoms with Crippen LogP contribution in [-0.2, 0) is 6.54 Å². The fraction of sp³-hybridized carbons (Fsp3) is 0.500. The van der Waals surface area contributed by atoms with Crippen molar-refractivity contribution >= 4 is 0 Å². The van der Waals surface area contributed by atoms with Crippen LogP contribution in [0.25, 0.3) is 0 Å². The molecular weight excluding hydrogens is 206 g/mol. The molecule has 0 saturated heterocycles. The molecule has 0 radical (unpaired) electrons. The first-order chi connectivity index (χ1) is 7.83. The maximum atomic E-state index is 9.05. The predicted octanol–water partition coefficient (Wildman–Crippen LogP) is 1.28. The van der Waals surface area contributed by atoms with Gasteiger partial charge in [-0.15, -0.1) is 0 Å². The first kappa shape index (κ1) is 11.2. The Labute approximate surface area is 95.2 Å². The molecule has 2 rings (SSSR count). The van der Waals surface area contributed by atoms with Crippen LogP contribution < -0.4 is 14.8 Å². The van der Waals surface area contributed by atoms with Crippen molar-refractivity contribution in [1.82, 2.24) is 5.32 Å². The van der Waals surface area contributed by atoms with Crippen LogP contribution in [0.15, 0.2) is 18.2 Å². The van der Waals surface area contributed by atoms with E-state index >= 15 is 0 Å². The van der Waals surface area contributed by atoms with E-state index in [2.05, 4.69) is 5.32 Å². The number of benzene rings is 1. The number of hydrogen-bond donors (Lipinski definition) is 2. The van der Waals surface area contributed by atoms with Gasteiger partial charge in [-0.25, -0.2) is 0 Å². The molecule has 1 aromatic carbocycles. The summed E-state index contributed by atoms with van der Waals surface area (Å²) < 4.78 is 10.5. The summed E-state index contributed by atoms with van der Waals surface area (Å²) in [5.41, 5.74) is 1.14. The zero-order valence-electron chi connectivity index (χ0n) is 9.40. The van der Waals surface area contributed by atoms with Crippen LogP contribution in [0, 0.1) is 0 Å². The maximum absolute atomic E-state index is 9.05. The third kappa shape index (κ3) is 2.46. The molecule has 88 valence electrons. The summed E-state index contributed by atoms with van der Waals surface area (Å²) >= 11 is 0. The molecule has 0 aromatic heterocycles. The average Bonchev–Trinajstić information content (AvgIpc) is 2.77. The largest absolute Gasteiger partial charge is 0.454 e. The second-order valence-electron chi connectivity index (χ2n) is 3.86. The minimum atomic E-state index is 0.158. The van der Waals surface area contributed by atoms with Crippen LogP contribution >= 0.6 is 0 Å². The van der Waals surface area contributed by atoms with E-state index in [0.29, 0.717) is 6.79 Å². The fourth-order valence-corrected chi connectivity index (χ4v) is 1.65. The molecule has 0 bridgehead atoms. The smallest absolute Gasteiger partial charge is 0.231 e. The number of fused-ring (bicyclic) bond motifs is 1. The topological polar surface area (TPSA) is 50.7 Å². The van der Waals surface area contributed by atoms with Crippen molar-refractivity contribution in [3.8, 4) is 11.5 Å². The van der Waals surface area contributed by atoms with E-state index in [1.54, 1.807) is 0 Å². The summed E-state index contributed by atoms with van der Waals surface area (Å²) in [6.07, 6.45) is 0.918. The summed E-state index contributed by atoms with van der Waals surface area (Å²) in [6, 6.07) is 6.05. The molecule has 16 heavy (non-hydrogen) atoms. The van der Waals surface area contributed by atoms with Gasteiger partial charge in [0.1, 0.15) is 0 Å². The van der Waals surface area contributed by atoms with E-state index in [1.807, 2.05) is 25.1 Å². The van der Waals surface area contributed by atoms with Gasteiger partial charge in [0.05, 0.1) is 6.61 Å². The Balaban J connectivity index is 1.95. The zero-order valence-corrected chi connectivity index (χ0v) is 9.40. The highest BCUT2D eigenvalue weighted by molar-refractivity contribution is 5.44. The average molecular weight is 223 g/mol. The number of rotatable bonds is 5. The Morgan fingerprint density at radius 2 is 2.19 bits per heavy atom. The van der Waals surface area contributed by atoms with Gasteiger partial charge in [0.25, 0.3) is 0 Å². The van der Waals surface area contributed by atoms with E-state index in [1.165, 1.54) is 0 Å². The molecule has 0 unspecified atom stereocenters. The summed E-state index contributed by atoms with van der Waals surface area (Å²) in [7, 11) is 0. The number of nitrogens with one attached hydrogen (secondary N) is 1. The van der Waals surface area contributed by atoms with Gasteiger partial charge < -0.3 is 19.9 Å². The van der Waals surface area contributed by atoms with Gasteiger partial charge in [0.15, 0.2) is 11.5 Å². The second kappa shape index (κ2) is 5.18. The molecule has 0 amide bonds. The van der Waals surface area contributed by atoms with Gasteiger partial charge in [-0.05, 0) is 24.1 Å². The third-order valence-electron chi connectivity index (χ3n) is 2.75. The first-order valence-electron chi connectivity index (χ1n) is 5.56. The van der Waals surface area contributed by atoms with Gasteiger partial charge in [-0.1, -0.05) is 13.0 Å². The van der Waals surface area contributed by atoms with Crippen molar-refractivity contribution in [2.24, 2.45) is 0 Å². The molecule has 1 aromatic rings. The Kier molecular flexibility index (Phi) is 3.64. The lowest BCUT2D eigenvalue weighted by Gasteiger charge is -2.13. The predicted molar refractivity (Wildman–Crippen MR) is 60.6 cm³/mol. The highest BCUT2D eigenvalue weighted by Crippen LogP contribution is 2.32. The lowest BCUT2D eigenvalue weighted by molar-refractivity contribution is 0.174. The van der Waals surface area contributed by atoms with Gasteiger partial charge in [-0.3, -0.25) is 0 Å².